The smallest absolute Gasteiger partial charge is 0.306 e. The Balaban J connectivity index is 0.000000168. The van der Waals surface area contributed by atoms with Gasteiger partial charge in [0.1, 0.15) is 50.1 Å². The lowest BCUT2D eigenvalue weighted by Crippen LogP contribution is -2.44. The standard InChI is InChI=1S/C23H28N2O4.C16H17NO3.C7H13NO2/c1-25-11-9-18(10-12-25)23(26)24-14-20-16-28-21-8-7-19(13-22(21)29-20)27-15-17-5-3-2-4-6-17;17-9-14-11-19-15-7-6-13(8-16(15)20-14)18-10-12-4-2-1-3-5-12;1-8-4-2-6(3-5-8)7(9)10/h2-8,13,18,20H,9-12,14-16H2,1H3,(H,24,26);1-8,14H,9-11,17H2;6H,2-5H2,1H3,(H,9,10)/t20-;14-;/m11./s1. The molecule has 0 radical (unpaired) electrons. The molecule has 4 heterocycles. The van der Waals surface area contributed by atoms with Gasteiger partial charge in [-0.2, -0.15) is 0 Å². The molecule has 316 valence electrons. The van der Waals surface area contributed by atoms with Crippen LogP contribution in [0.4, 0.5) is 0 Å². The molecule has 2 atom stereocenters. The summed E-state index contributed by atoms with van der Waals surface area (Å²) in [6.07, 6.45) is 3.15. The Kier molecular flexibility index (Phi) is 16.1. The van der Waals surface area contributed by atoms with Crippen molar-refractivity contribution in [2.75, 3.05) is 66.6 Å². The average molecular weight is 811 g/mol. The number of hydrogen-bond acceptors (Lipinski definition) is 11. The molecular formula is C46H58N4O9. The van der Waals surface area contributed by atoms with Crippen LogP contribution in [0.1, 0.15) is 36.8 Å². The number of piperidine rings is 2. The van der Waals surface area contributed by atoms with Crippen LogP contribution in [-0.4, -0.2) is 106 Å². The molecule has 0 bridgehead atoms. The number of nitrogens with zero attached hydrogens (tertiary/aromatic N) is 2. The van der Waals surface area contributed by atoms with Gasteiger partial charge in [-0.3, -0.25) is 9.59 Å². The summed E-state index contributed by atoms with van der Waals surface area (Å²) in [5.74, 6) is 3.77. The molecule has 0 saturated carbocycles. The minimum absolute atomic E-state index is 0.0869. The summed E-state index contributed by atoms with van der Waals surface area (Å²) < 4.78 is 34.8. The Morgan fingerprint density at radius 2 is 1.12 bits per heavy atom. The monoisotopic (exact) mass is 810 g/mol. The quantitative estimate of drug-likeness (QED) is 0.172. The Morgan fingerprint density at radius 3 is 1.59 bits per heavy atom. The first-order valence-electron chi connectivity index (χ1n) is 20.5. The zero-order valence-electron chi connectivity index (χ0n) is 34.1. The number of hydrogen-bond donors (Lipinski definition) is 3. The van der Waals surface area contributed by atoms with Crippen LogP contribution in [0, 0.1) is 11.8 Å². The van der Waals surface area contributed by atoms with Gasteiger partial charge >= 0.3 is 5.97 Å². The van der Waals surface area contributed by atoms with Crippen molar-refractivity contribution in [2.45, 2.75) is 51.1 Å². The SMILES string of the molecule is CN1CCC(C(=O)NC[C@@H]2COc3ccc(OCc4ccccc4)cc3O2)CC1.CN1CCC(C(=O)O)CC1.NC[C@@H]1COc2ccc(OCc3ccccc3)cc2O1. The van der Waals surface area contributed by atoms with Crippen LogP contribution in [0.25, 0.3) is 0 Å². The first-order chi connectivity index (χ1) is 28.7. The molecule has 4 aromatic rings. The predicted octanol–water partition coefficient (Wildman–Crippen LogP) is 5.64. The maximum Gasteiger partial charge on any atom is 0.306 e. The number of nitrogens with one attached hydrogen (secondary N) is 1. The maximum atomic E-state index is 12.4. The van der Waals surface area contributed by atoms with Crippen molar-refractivity contribution in [2.24, 2.45) is 17.6 Å². The molecule has 4 aliphatic rings. The molecular weight excluding hydrogens is 753 g/mol. The van der Waals surface area contributed by atoms with E-state index in [1.54, 1.807) is 0 Å². The lowest BCUT2D eigenvalue weighted by Gasteiger charge is -2.30. The van der Waals surface area contributed by atoms with Gasteiger partial charge in [-0.15, -0.1) is 0 Å². The molecule has 0 unspecified atom stereocenters. The third-order valence-electron chi connectivity index (χ3n) is 10.7. The van der Waals surface area contributed by atoms with Crippen molar-refractivity contribution < 1.29 is 43.1 Å². The van der Waals surface area contributed by atoms with Crippen molar-refractivity contribution in [1.29, 1.82) is 0 Å². The largest absolute Gasteiger partial charge is 0.489 e. The highest BCUT2D eigenvalue weighted by Gasteiger charge is 2.27. The number of likely N-dealkylation sites (tertiary alicyclic amines) is 2. The number of rotatable bonds is 11. The minimum atomic E-state index is -0.631. The van der Waals surface area contributed by atoms with E-state index in [-0.39, 0.29) is 30.0 Å². The zero-order chi connectivity index (χ0) is 41.4. The van der Waals surface area contributed by atoms with E-state index >= 15 is 0 Å². The lowest BCUT2D eigenvalue weighted by atomic mass is 9.96. The first-order valence-corrected chi connectivity index (χ1v) is 20.5. The average Bonchev–Trinajstić information content (AvgIpc) is 3.28. The number of ether oxygens (including phenoxy) is 6. The fraction of sp³-hybridized carbons (Fsp3) is 0.435. The molecule has 0 spiro atoms. The second-order valence-electron chi connectivity index (χ2n) is 15.3. The van der Waals surface area contributed by atoms with Gasteiger partial charge < -0.3 is 54.4 Å². The number of nitrogens with two attached hydrogens (primary N) is 1. The Hall–Kier alpha value is -5.50. The van der Waals surface area contributed by atoms with Crippen LogP contribution >= 0.6 is 0 Å². The van der Waals surface area contributed by atoms with Crippen molar-refractivity contribution in [3.8, 4) is 34.5 Å². The molecule has 0 aliphatic carbocycles. The molecule has 4 aromatic carbocycles. The molecule has 13 heteroatoms. The van der Waals surface area contributed by atoms with Gasteiger partial charge in [0.15, 0.2) is 23.0 Å². The zero-order valence-corrected chi connectivity index (χ0v) is 34.1. The van der Waals surface area contributed by atoms with Crippen LogP contribution in [0.3, 0.4) is 0 Å². The van der Waals surface area contributed by atoms with Crippen molar-refractivity contribution in [3.05, 3.63) is 108 Å². The van der Waals surface area contributed by atoms with Crippen molar-refractivity contribution in [3.63, 3.8) is 0 Å². The van der Waals surface area contributed by atoms with Crippen LogP contribution < -0.4 is 39.5 Å². The summed E-state index contributed by atoms with van der Waals surface area (Å²) >= 11 is 0. The summed E-state index contributed by atoms with van der Waals surface area (Å²) in [5, 5.41) is 11.6. The van der Waals surface area contributed by atoms with Crippen molar-refractivity contribution >= 4 is 11.9 Å². The molecule has 8 rings (SSSR count). The molecule has 4 aliphatic heterocycles. The van der Waals surface area contributed by atoms with Crippen LogP contribution in [0.15, 0.2) is 97.1 Å². The number of carboxylic acids is 1. The van der Waals surface area contributed by atoms with E-state index < -0.39 is 5.97 Å². The summed E-state index contributed by atoms with van der Waals surface area (Å²) in [5.41, 5.74) is 7.83. The van der Waals surface area contributed by atoms with E-state index in [0.717, 1.165) is 80.2 Å². The van der Waals surface area contributed by atoms with Gasteiger partial charge in [-0.25, -0.2) is 0 Å². The van der Waals surface area contributed by atoms with Gasteiger partial charge in [-0.05, 0) is 101 Å². The van der Waals surface area contributed by atoms with Crippen LogP contribution in [0.2, 0.25) is 0 Å². The van der Waals surface area contributed by atoms with E-state index in [1.807, 2.05) is 104 Å². The molecule has 13 nitrogen and oxygen atoms in total. The van der Waals surface area contributed by atoms with Gasteiger partial charge in [0, 0.05) is 24.6 Å². The summed E-state index contributed by atoms with van der Waals surface area (Å²) in [4.78, 5) is 27.3. The first kappa shape index (κ1) is 43.1. The highest BCUT2D eigenvalue weighted by molar-refractivity contribution is 5.78. The van der Waals surface area contributed by atoms with Crippen molar-refractivity contribution in [1.82, 2.24) is 15.1 Å². The van der Waals surface area contributed by atoms with Gasteiger partial charge in [-0.1, -0.05) is 60.7 Å². The molecule has 59 heavy (non-hydrogen) atoms. The lowest BCUT2D eigenvalue weighted by molar-refractivity contribution is -0.143. The second-order valence-corrected chi connectivity index (χ2v) is 15.3. The van der Waals surface area contributed by atoms with E-state index in [2.05, 4.69) is 22.2 Å². The third kappa shape index (κ3) is 13.5. The number of benzene rings is 4. The van der Waals surface area contributed by atoms with Gasteiger partial charge in [0.25, 0.3) is 0 Å². The predicted molar refractivity (Wildman–Crippen MR) is 224 cm³/mol. The summed E-state index contributed by atoms with van der Waals surface area (Å²) in [6, 6.07) is 31.3. The topological polar surface area (TPSA) is 154 Å². The Labute approximate surface area is 347 Å². The fourth-order valence-corrected chi connectivity index (χ4v) is 6.96. The second kappa shape index (κ2) is 22.0. The number of carboxylic acid groups (broad SMARTS) is 1. The van der Waals surface area contributed by atoms with Crippen LogP contribution in [0.5, 0.6) is 34.5 Å². The number of carbonyl (C=O) groups excluding carboxylic acids is 1. The number of aliphatic carboxylic acids is 1. The van der Waals surface area contributed by atoms with E-state index in [9.17, 15) is 9.59 Å². The molecule has 2 fully saturated rings. The summed E-state index contributed by atoms with van der Waals surface area (Å²) in [7, 11) is 4.12. The van der Waals surface area contributed by atoms with Gasteiger partial charge in [0.2, 0.25) is 5.91 Å². The number of amides is 1. The highest BCUT2D eigenvalue weighted by atomic mass is 16.6. The normalized spacial score (nSPS) is 19.2. The Morgan fingerprint density at radius 1 is 0.661 bits per heavy atom. The molecule has 0 aromatic heterocycles. The molecule has 2 saturated heterocycles. The van der Waals surface area contributed by atoms with E-state index in [0.29, 0.717) is 56.8 Å². The third-order valence-corrected chi connectivity index (χ3v) is 10.7. The van der Waals surface area contributed by atoms with E-state index in [4.69, 9.17) is 39.3 Å². The molecule has 4 N–H and O–H groups in total. The van der Waals surface area contributed by atoms with Crippen LogP contribution in [-0.2, 0) is 22.8 Å². The Bertz CT molecular complexity index is 1900. The van der Waals surface area contributed by atoms with E-state index in [1.165, 1.54) is 0 Å². The maximum absolute atomic E-state index is 12.4. The highest BCUT2D eigenvalue weighted by Crippen LogP contribution is 2.36. The minimum Gasteiger partial charge on any atom is -0.489 e. The molecule has 1 amide bonds. The van der Waals surface area contributed by atoms with Gasteiger partial charge in [0.05, 0.1) is 12.5 Å². The fourth-order valence-electron chi connectivity index (χ4n) is 6.96. The summed E-state index contributed by atoms with van der Waals surface area (Å²) in [6.45, 7) is 6.62. The number of carbonyl (C=O) groups is 2. The number of fused-ring (bicyclic) bond motifs is 2.